The number of aromatic nitrogens is 1. The van der Waals surface area contributed by atoms with Gasteiger partial charge in [-0.3, -0.25) is 9.59 Å². The molecule has 0 radical (unpaired) electrons. The predicted octanol–water partition coefficient (Wildman–Crippen LogP) is 5.08. The number of hydrogen-bond donors (Lipinski definition) is 2. The molecule has 0 aliphatic heterocycles. The number of benzene rings is 2. The number of nitrogens with one attached hydrogen (secondary N) is 1. The summed E-state index contributed by atoms with van der Waals surface area (Å²) < 4.78 is 0.985. The number of primary amides is 1. The van der Waals surface area contributed by atoms with Gasteiger partial charge in [-0.2, -0.15) is 0 Å². The van der Waals surface area contributed by atoms with Crippen LogP contribution in [0.25, 0.3) is 21.5 Å². The van der Waals surface area contributed by atoms with Gasteiger partial charge in [0, 0.05) is 5.39 Å². The summed E-state index contributed by atoms with van der Waals surface area (Å²) in [5.41, 5.74) is 7.96. The smallest absolute Gasteiger partial charge is 0.256 e. The summed E-state index contributed by atoms with van der Waals surface area (Å²) in [7, 11) is 0. The molecular weight excluding hydrogens is 438 g/mol. The van der Waals surface area contributed by atoms with E-state index < -0.39 is 5.91 Å². The van der Waals surface area contributed by atoms with Gasteiger partial charge in [-0.25, -0.2) is 4.98 Å². The van der Waals surface area contributed by atoms with E-state index >= 15 is 0 Å². The predicted molar refractivity (Wildman–Crippen MR) is 116 cm³/mol. The number of carbonyl (C=O) groups is 2. The third kappa shape index (κ3) is 3.54. The average molecular weight is 452 g/mol. The summed E-state index contributed by atoms with van der Waals surface area (Å²) >= 11 is 5.00. The van der Waals surface area contributed by atoms with Crippen LogP contribution in [-0.4, -0.2) is 16.8 Å². The zero-order valence-corrected chi connectivity index (χ0v) is 16.9. The molecule has 7 heteroatoms. The Labute approximate surface area is 173 Å². The zero-order valence-electron chi connectivity index (χ0n) is 14.5. The van der Waals surface area contributed by atoms with Crippen molar-refractivity contribution in [3.63, 3.8) is 0 Å². The first-order valence-corrected chi connectivity index (χ1v) is 9.99. The molecule has 0 aliphatic rings. The van der Waals surface area contributed by atoms with Crippen LogP contribution in [0.4, 0.5) is 5.69 Å². The molecule has 28 heavy (non-hydrogen) atoms. The summed E-state index contributed by atoms with van der Waals surface area (Å²) in [6.45, 7) is 0. The zero-order chi connectivity index (χ0) is 19.7. The lowest BCUT2D eigenvalue weighted by molar-refractivity contribution is 0.100. The Morgan fingerprint density at radius 2 is 1.71 bits per heavy atom. The van der Waals surface area contributed by atoms with Crippen LogP contribution in [0.2, 0.25) is 0 Å². The Kier molecular flexibility index (Phi) is 4.93. The Morgan fingerprint density at radius 3 is 2.46 bits per heavy atom. The molecule has 2 heterocycles. The monoisotopic (exact) mass is 451 g/mol. The van der Waals surface area contributed by atoms with E-state index in [1.165, 1.54) is 0 Å². The van der Waals surface area contributed by atoms with E-state index in [4.69, 9.17) is 10.7 Å². The van der Waals surface area contributed by atoms with Crippen molar-refractivity contribution >= 4 is 55.7 Å². The maximum absolute atomic E-state index is 13.1. The van der Waals surface area contributed by atoms with Gasteiger partial charge < -0.3 is 11.1 Å². The number of fused-ring (bicyclic) bond motifs is 1. The quantitative estimate of drug-likeness (QED) is 0.453. The number of carbonyl (C=O) groups excluding carboxylic acids is 2. The summed E-state index contributed by atoms with van der Waals surface area (Å²) in [5, 5.41) is 3.54. The van der Waals surface area contributed by atoms with Crippen LogP contribution in [-0.2, 0) is 0 Å². The van der Waals surface area contributed by atoms with Crippen molar-refractivity contribution < 1.29 is 9.59 Å². The van der Waals surface area contributed by atoms with Crippen LogP contribution in [0.3, 0.4) is 0 Å². The molecule has 0 atom stereocenters. The summed E-state index contributed by atoms with van der Waals surface area (Å²) in [5.74, 6) is -0.927. The van der Waals surface area contributed by atoms with Gasteiger partial charge in [-0.05, 0) is 52.3 Å². The maximum Gasteiger partial charge on any atom is 0.256 e. The number of rotatable bonds is 4. The van der Waals surface area contributed by atoms with Gasteiger partial charge in [-0.1, -0.05) is 30.3 Å². The number of nitrogens with two attached hydrogens (primary N) is 1. The van der Waals surface area contributed by atoms with Gasteiger partial charge in [0.25, 0.3) is 11.8 Å². The van der Waals surface area contributed by atoms with Crippen molar-refractivity contribution in [3.8, 4) is 10.6 Å². The number of amides is 2. The van der Waals surface area contributed by atoms with Gasteiger partial charge in [-0.15, -0.1) is 11.3 Å². The molecule has 0 saturated heterocycles. The maximum atomic E-state index is 13.1. The molecule has 2 aromatic carbocycles. The largest absolute Gasteiger partial charge is 0.366 e. The lowest BCUT2D eigenvalue weighted by Crippen LogP contribution is -2.18. The topological polar surface area (TPSA) is 85.1 Å². The highest BCUT2D eigenvalue weighted by Crippen LogP contribution is 2.32. The Morgan fingerprint density at radius 1 is 0.964 bits per heavy atom. The second-order valence-corrected chi connectivity index (χ2v) is 8.50. The lowest BCUT2D eigenvalue weighted by atomic mass is 10.1. The van der Waals surface area contributed by atoms with Crippen molar-refractivity contribution in [1.29, 1.82) is 0 Å². The fourth-order valence-corrected chi connectivity index (χ4v) is 4.28. The van der Waals surface area contributed by atoms with E-state index in [0.717, 1.165) is 19.6 Å². The minimum atomic E-state index is -0.598. The van der Waals surface area contributed by atoms with Gasteiger partial charge in [0.05, 0.1) is 36.7 Å². The molecule has 2 amide bonds. The van der Waals surface area contributed by atoms with Crippen LogP contribution in [0.5, 0.6) is 0 Å². The summed E-state index contributed by atoms with van der Waals surface area (Å²) in [4.78, 5) is 30.4. The number of halogens is 1. The molecule has 3 N–H and O–H groups in total. The number of anilines is 1. The van der Waals surface area contributed by atoms with Crippen LogP contribution in [0, 0.1) is 0 Å². The van der Waals surface area contributed by atoms with Crippen molar-refractivity contribution in [2.45, 2.75) is 0 Å². The number of nitrogens with zero attached hydrogens (tertiary/aromatic N) is 1. The molecule has 0 fully saturated rings. The highest BCUT2D eigenvalue weighted by molar-refractivity contribution is 9.11. The van der Waals surface area contributed by atoms with Crippen LogP contribution < -0.4 is 11.1 Å². The van der Waals surface area contributed by atoms with Crippen molar-refractivity contribution in [2.24, 2.45) is 5.73 Å². The summed E-state index contributed by atoms with van der Waals surface area (Å²) in [6.07, 6.45) is 0. The molecular formula is C21H14BrN3O2S. The van der Waals surface area contributed by atoms with E-state index in [1.807, 2.05) is 36.4 Å². The SMILES string of the molecule is NC(=O)c1ccccc1NC(=O)c1cc(-c2ccc(Br)s2)nc2ccccc12. The van der Waals surface area contributed by atoms with Gasteiger partial charge >= 0.3 is 0 Å². The van der Waals surface area contributed by atoms with Crippen molar-refractivity contribution in [3.05, 3.63) is 81.6 Å². The fraction of sp³-hybridized carbons (Fsp3) is 0. The van der Waals surface area contributed by atoms with Crippen LogP contribution in [0.1, 0.15) is 20.7 Å². The first kappa shape index (κ1) is 18.3. The Hall–Kier alpha value is -3.03. The third-order valence-electron chi connectivity index (χ3n) is 4.23. The molecule has 0 saturated carbocycles. The van der Waals surface area contributed by atoms with E-state index in [9.17, 15) is 9.59 Å². The van der Waals surface area contributed by atoms with Crippen molar-refractivity contribution in [2.75, 3.05) is 5.32 Å². The van der Waals surface area contributed by atoms with Crippen LogP contribution >= 0.6 is 27.3 Å². The molecule has 0 bridgehead atoms. The summed E-state index contributed by atoms with van der Waals surface area (Å²) in [6, 6.07) is 19.8. The fourth-order valence-electron chi connectivity index (χ4n) is 2.94. The first-order valence-electron chi connectivity index (χ1n) is 8.38. The lowest BCUT2D eigenvalue weighted by Gasteiger charge is -2.12. The minimum Gasteiger partial charge on any atom is -0.366 e. The molecule has 0 unspecified atom stereocenters. The van der Waals surface area contributed by atoms with E-state index in [1.54, 1.807) is 41.7 Å². The Bertz CT molecular complexity index is 1220. The molecule has 2 aromatic heterocycles. The second-order valence-electron chi connectivity index (χ2n) is 6.04. The normalized spacial score (nSPS) is 10.8. The standard InChI is InChI=1S/C21H14BrN3O2S/c22-19-10-9-18(28-19)17-11-14(12-5-1-3-7-15(12)24-17)21(27)25-16-8-4-2-6-13(16)20(23)26/h1-11H,(H2,23,26)(H,25,27). The van der Waals surface area contributed by atoms with Gasteiger partial charge in [0.2, 0.25) is 0 Å². The molecule has 4 aromatic rings. The number of para-hydroxylation sites is 2. The Balaban J connectivity index is 1.81. The molecule has 138 valence electrons. The van der Waals surface area contributed by atoms with Crippen molar-refractivity contribution in [1.82, 2.24) is 4.98 Å². The number of hydrogen-bond acceptors (Lipinski definition) is 4. The highest BCUT2D eigenvalue weighted by atomic mass is 79.9. The minimum absolute atomic E-state index is 0.261. The third-order valence-corrected chi connectivity index (χ3v) is 5.87. The van der Waals surface area contributed by atoms with E-state index in [-0.39, 0.29) is 11.5 Å². The van der Waals surface area contributed by atoms with E-state index in [2.05, 4.69) is 21.2 Å². The highest BCUT2D eigenvalue weighted by Gasteiger charge is 2.17. The van der Waals surface area contributed by atoms with E-state index in [0.29, 0.717) is 16.9 Å². The number of thiophene rings is 1. The molecule has 0 spiro atoms. The average Bonchev–Trinajstić information content (AvgIpc) is 3.13. The number of pyridine rings is 1. The van der Waals surface area contributed by atoms with Gasteiger partial charge in [0.15, 0.2) is 0 Å². The molecule has 4 rings (SSSR count). The van der Waals surface area contributed by atoms with Crippen LogP contribution in [0.15, 0.2) is 70.5 Å². The first-order chi connectivity index (χ1) is 13.5. The van der Waals surface area contributed by atoms with Gasteiger partial charge in [0.1, 0.15) is 0 Å². The molecule has 5 nitrogen and oxygen atoms in total. The second kappa shape index (κ2) is 7.53. The molecule has 0 aliphatic carbocycles.